The maximum Gasteiger partial charge on any atom is 0.344 e. The first-order chi connectivity index (χ1) is 51.6. The van der Waals surface area contributed by atoms with Crippen molar-refractivity contribution in [2.24, 2.45) is 0 Å². The van der Waals surface area contributed by atoms with E-state index in [2.05, 4.69) is 9.97 Å². The molecule has 2 aliphatic rings. The number of fused-ring (bicyclic) bond motifs is 8. The van der Waals surface area contributed by atoms with Crippen molar-refractivity contribution in [2.45, 2.75) is 158 Å². The molecule has 0 amide bonds. The van der Waals surface area contributed by atoms with Gasteiger partial charge in [0.25, 0.3) is 0 Å². The molecular weight excluding hydrogens is 1420 g/mol. The summed E-state index contributed by atoms with van der Waals surface area (Å²) in [6.45, 7) is 26.3. The maximum atomic E-state index is 13.9. The lowest BCUT2D eigenvalue weighted by molar-refractivity contribution is -0.158. The molecule has 0 fully saturated rings. The van der Waals surface area contributed by atoms with Gasteiger partial charge in [0.15, 0.2) is 39.6 Å². The fourth-order valence-electron chi connectivity index (χ4n) is 11.5. The predicted octanol–water partition coefficient (Wildman–Crippen LogP) is 14.4. The number of rotatable bonds is 28. The molecule has 110 heavy (non-hydrogen) atoms. The van der Waals surface area contributed by atoms with Crippen LogP contribution in [0.4, 0.5) is 0 Å². The van der Waals surface area contributed by atoms with Crippen molar-refractivity contribution in [3.05, 3.63) is 120 Å². The Morgan fingerprint density at radius 1 is 0.300 bits per heavy atom. The summed E-state index contributed by atoms with van der Waals surface area (Å²) in [7, 11) is 0. The average molecular weight is 1520 g/mol. The van der Waals surface area contributed by atoms with E-state index in [4.69, 9.17) is 76.3 Å². The van der Waals surface area contributed by atoms with E-state index in [1.54, 1.807) is 210 Å². The normalized spacial score (nSPS) is 12.3. The van der Waals surface area contributed by atoms with Crippen molar-refractivity contribution < 1.29 is 105 Å². The van der Waals surface area contributed by atoms with Gasteiger partial charge in [-0.3, -0.25) is 0 Å². The summed E-state index contributed by atoms with van der Waals surface area (Å²) in [5.74, 6) is -3.93. The molecule has 9 rings (SSSR count). The van der Waals surface area contributed by atoms with Gasteiger partial charge in [0.1, 0.15) is 92.8 Å². The van der Waals surface area contributed by atoms with Crippen LogP contribution in [0.2, 0.25) is 0 Å². The molecule has 0 saturated carbocycles. The minimum atomic E-state index is -0.945. The lowest BCUT2D eigenvalue weighted by Crippen LogP contribution is -2.28. The van der Waals surface area contributed by atoms with Crippen molar-refractivity contribution in [3.63, 3.8) is 0 Å². The minimum absolute atomic E-state index is 0.00399. The van der Waals surface area contributed by atoms with Gasteiger partial charge in [-0.2, -0.15) is 0 Å². The number of aromatic nitrogens is 4. The summed E-state index contributed by atoms with van der Waals surface area (Å²) in [4.78, 5) is 101. The van der Waals surface area contributed by atoms with E-state index >= 15 is 0 Å². The number of nitrogens with zero attached hydrogens (tertiary/aromatic N) is 2. The minimum Gasteiger partial charge on any atom is -0.491 e. The molecular formula is C84H98N4O22. The van der Waals surface area contributed by atoms with Gasteiger partial charge in [0.05, 0.1) is 47.1 Å². The molecule has 26 heteroatoms. The largest absolute Gasteiger partial charge is 0.491 e. The highest BCUT2D eigenvalue weighted by atomic mass is 16.6. The number of ether oxygens (including phenoxy) is 14. The second kappa shape index (κ2) is 34.5. The fraction of sp³-hybridized carbons (Fsp3) is 0.405. The number of hydrogen-bond donors (Lipinski definition) is 4. The van der Waals surface area contributed by atoms with E-state index in [1.807, 2.05) is 12.1 Å². The summed E-state index contributed by atoms with van der Waals surface area (Å²) in [6.07, 6.45) is 7.07. The molecule has 26 nitrogen and oxygen atoms in total. The second-order valence-corrected chi connectivity index (χ2v) is 31.5. The Kier molecular flexibility index (Phi) is 25.9. The fourth-order valence-corrected chi connectivity index (χ4v) is 11.5. The summed E-state index contributed by atoms with van der Waals surface area (Å²) in [5, 5.41) is 20.0. The molecule has 2 aliphatic heterocycles. The first kappa shape index (κ1) is 82.7. The van der Waals surface area contributed by atoms with Gasteiger partial charge in [0.2, 0.25) is 0 Å². The van der Waals surface area contributed by atoms with Gasteiger partial charge >= 0.3 is 35.8 Å². The molecule has 7 aromatic rings. The number of carbonyl (C=O) groups excluding carboxylic acids is 6. The van der Waals surface area contributed by atoms with Gasteiger partial charge in [0, 0.05) is 68.6 Å². The lowest BCUT2D eigenvalue weighted by Gasteiger charge is -2.23. The number of benzene rings is 4. The van der Waals surface area contributed by atoms with Crippen LogP contribution < -0.4 is 37.9 Å². The molecule has 0 aliphatic carbocycles. The van der Waals surface area contributed by atoms with Crippen LogP contribution in [0.3, 0.4) is 0 Å². The molecule has 3 aromatic heterocycles. The molecule has 0 atom stereocenters. The van der Waals surface area contributed by atoms with Crippen molar-refractivity contribution in [1.82, 2.24) is 19.9 Å². The Morgan fingerprint density at radius 3 is 0.800 bits per heavy atom. The molecule has 4 N–H and O–H groups in total. The molecule has 4 aromatic carbocycles. The van der Waals surface area contributed by atoms with Gasteiger partial charge in [-0.25, -0.2) is 38.7 Å². The molecule has 0 radical (unpaired) electrons. The van der Waals surface area contributed by atoms with Crippen LogP contribution in [-0.2, 0) is 57.2 Å². The Balaban J connectivity index is 1.48. The maximum absolute atomic E-state index is 13.9. The van der Waals surface area contributed by atoms with Crippen LogP contribution >= 0.6 is 0 Å². The highest BCUT2D eigenvalue weighted by Crippen LogP contribution is 2.49. The van der Waals surface area contributed by atoms with Crippen LogP contribution in [-0.4, -0.2) is 166 Å². The topological polar surface area (TPSA) is 329 Å². The molecule has 0 spiro atoms. The monoisotopic (exact) mass is 1510 g/mol. The number of H-pyrrole nitrogens is 2. The van der Waals surface area contributed by atoms with Gasteiger partial charge in [-0.1, -0.05) is 24.3 Å². The Morgan fingerprint density at radius 2 is 0.545 bits per heavy atom. The van der Waals surface area contributed by atoms with Crippen LogP contribution in [0.15, 0.2) is 97.1 Å². The summed E-state index contributed by atoms with van der Waals surface area (Å²) in [5.41, 5.74) is -0.0496. The highest BCUT2D eigenvalue weighted by molar-refractivity contribution is 6.03. The number of nitrogens with one attached hydrogen (secondary N) is 2. The summed E-state index contributed by atoms with van der Waals surface area (Å²) >= 11 is 0. The predicted molar refractivity (Wildman–Crippen MR) is 414 cm³/mol. The van der Waals surface area contributed by atoms with Crippen LogP contribution in [0.1, 0.15) is 147 Å². The number of aliphatic hydroxyl groups excluding tert-OH is 2. The van der Waals surface area contributed by atoms with Crippen LogP contribution in [0.25, 0.3) is 90.9 Å². The van der Waals surface area contributed by atoms with E-state index in [9.17, 15) is 39.0 Å². The van der Waals surface area contributed by atoms with Crippen molar-refractivity contribution in [3.8, 4) is 90.5 Å². The zero-order chi connectivity index (χ0) is 80.3. The molecule has 586 valence electrons. The molecule has 8 bridgehead atoms. The van der Waals surface area contributed by atoms with E-state index < -0.39 is 109 Å². The van der Waals surface area contributed by atoms with Gasteiger partial charge in [-0.15, -0.1) is 0 Å². The first-order valence-corrected chi connectivity index (χ1v) is 35.9. The third kappa shape index (κ3) is 23.8. The quantitative estimate of drug-likeness (QED) is 0.0261. The van der Waals surface area contributed by atoms with Crippen molar-refractivity contribution >= 4 is 82.2 Å². The van der Waals surface area contributed by atoms with Crippen LogP contribution in [0, 0.1) is 0 Å². The second-order valence-electron chi connectivity index (χ2n) is 31.5. The first-order valence-electron chi connectivity index (χ1n) is 35.9. The van der Waals surface area contributed by atoms with E-state index in [0.29, 0.717) is 67.2 Å². The van der Waals surface area contributed by atoms with Gasteiger partial charge < -0.3 is 86.5 Å². The number of aliphatic hydroxyl groups is 2. The van der Waals surface area contributed by atoms with Crippen molar-refractivity contribution in [2.75, 3.05) is 66.1 Å². The number of carbonyl (C=O) groups is 6. The Hall–Kier alpha value is -11.4. The third-order valence-corrected chi connectivity index (χ3v) is 14.9. The van der Waals surface area contributed by atoms with Crippen molar-refractivity contribution in [1.29, 1.82) is 0 Å². The van der Waals surface area contributed by atoms with E-state index in [-0.39, 0.29) is 94.6 Å². The Labute approximate surface area is 639 Å². The van der Waals surface area contributed by atoms with Gasteiger partial charge in [-0.05, 0) is 209 Å². The molecule has 5 heterocycles. The molecule has 0 unspecified atom stereocenters. The van der Waals surface area contributed by atoms with E-state index in [0.717, 1.165) is 0 Å². The van der Waals surface area contributed by atoms with Crippen LogP contribution in [0.5, 0.6) is 46.0 Å². The number of esters is 6. The lowest BCUT2D eigenvalue weighted by atomic mass is 10.0. The summed E-state index contributed by atoms with van der Waals surface area (Å²) in [6, 6.07) is 27.3. The summed E-state index contributed by atoms with van der Waals surface area (Å²) < 4.78 is 85.1. The Bertz CT molecular complexity index is 4400. The zero-order valence-corrected chi connectivity index (χ0v) is 65.6. The highest BCUT2D eigenvalue weighted by Gasteiger charge is 2.31. The molecule has 0 saturated heterocycles. The average Bonchev–Trinajstić information content (AvgIpc) is 1.56. The SMILES string of the molecule is CC(C)(C)OC(=O)COc1cc(OCC(=O)OC(C)(C)C)c(-c2c3nc(c(-c4cccc(OCCO)c4)c4ccc([nH]4)c(-c4c(OCC(=O)OC(C)(C)C)cc(OCC(=O)OC(C)(C)C)cc4OCC(=O)OC(C)(C)C)c4nc(c(-c5cccc(OCCO)c5)c5ccc2[nH]5)C=C4)C=C3)c(OCC(=O)OC(C)(C)C)c1. The third-order valence-electron chi connectivity index (χ3n) is 14.9. The smallest absolute Gasteiger partial charge is 0.344 e. The standard InChI is InChI=1S/C84H98N4O22/c1-79(2,3)105-67(91)43-99-53-39-63(101-45-69(93)107-81(7,8)9)77(64(40-53)102-46-70(94)108-82(10,11)12)75-59-29-25-55(85-59)73(49-21-19-23-51(37-49)97-35-33-89)57-27-31-61(87-57)76(62-32-28-58(88-62)74(56-26-30-60(75)86-56)50-22-20-24-52(38-50)98-36-34-90)78-65(103-47-71(95)109-83(13,14)15)41-54(100-44-68(92)106-80(4,5)6)42-66(78)104-48-72(96)110-84(16,17)18/h19-32,37-42,85,88-90H,33-36,43-48H2,1-18H3. The number of aromatic amines is 2. The number of hydrogen-bond acceptors (Lipinski definition) is 24. The van der Waals surface area contributed by atoms with E-state index in [1.165, 1.54) is 24.3 Å². The zero-order valence-electron chi connectivity index (χ0n) is 65.6.